The number of sulfonamides is 1. The lowest BCUT2D eigenvalue weighted by atomic mass is 9.95. The number of carbonyl (C=O) groups excluding carboxylic acids is 1. The lowest BCUT2D eigenvalue weighted by Crippen LogP contribution is -2.49. The Morgan fingerprint density at radius 3 is 2.46 bits per heavy atom. The Labute approximate surface area is 200 Å². The molecule has 0 bridgehead atoms. The zero-order chi connectivity index (χ0) is 26.6. The molecule has 0 unspecified atom stereocenters. The maximum Gasteiger partial charge on any atom is 0.446 e. The van der Waals surface area contributed by atoms with E-state index < -0.39 is 34.5 Å². The fourth-order valence-electron chi connectivity index (χ4n) is 3.01. The molecule has 5 N–H and O–H groups in total. The van der Waals surface area contributed by atoms with Crippen molar-refractivity contribution in [2.24, 2.45) is 16.6 Å². The van der Waals surface area contributed by atoms with E-state index in [2.05, 4.69) is 5.16 Å². The average molecular weight is 527 g/mol. The molecule has 35 heavy (non-hydrogen) atoms. The Morgan fingerprint density at radius 1 is 1.26 bits per heavy atom. The lowest BCUT2D eigenvalue weighted by Gasteiger charge is -2.33. The summed E-state index contributed by atoms with van der Waals surface area (Å²) in [5.41, 5.74) is 11.9. The van der Waals surface area contributed by atoms with Crippen molar-refractivity contribution >= 4 is 28.2 Å². The molecule has 0 amide bonds. The molecule has 0 aliphatic carbocycles. The molecule has 11 nitrogen and oxygen atoms in total. The second-order valence-corrected chi connectivity index (χ2v) is 9.46. The van der Waals surface area contributed by atoms with Crippen LogP contribution in [0.3, 0.4) is 0 Å². The van der Waals surface area contributed by atoms with Crippen molar-refractivity contribution in [2.45, 2.75) is 51.4 Å². The number of guanidine groups is 1. The molecule has 0 spiro atoms. The second kappa shape index (κ2) is 13.7. The minimum absolute atomic E-state index is 0.0170. The summed E-state index contributed by atoms with van der Waals surface area (Å²) < 4.78 is 63.3. The molecular formula is C20H29F3N4O7S. The van der Waals surface area contributed by atoms with Crippen LogP contribution < -0.4 is 16.2 Å². The van der Waals surface area contributed by atoms with Crippen LogP contribution in [0.4, 0.5) is 13.2 Å². The Bertz CT molecular complexity index is 983. The summed E-state index contributed by atoms with van der Waals surface area (Å²) in [6, 6.07) is 4.19. The minimum Gasteiger partial charge on any atom is -0.493 e. The van der Waals surface area contributed by atoms with E-state index in [4.69, 9.17) is 25.8 Å². The van der Waals surface area contributed by atoms with Crippen LogP contribution >= 0.6 is 0 Å². The van der Waals surface area contributed by atoms with E-state index >= 15 is 0 Å². The normalized spacial score (nSPS) is 15.7. The quantitative estimate of drug-likeness (QED) is 0.126. The molecule has 15 heteroatoms. The molecule has 1 atom stereocenters. The van der Waals surface area contributed by atoms with Crippen LogP contribution in [-0.4, -0.2) is 67.2 Å². The number of alkyl halides is 3. The van der Waals surface area contributed by atoms with E-state index in [9.17, 15) is 31.5 Å². The SMILES string of the molecule is CCCCS(=O)(=O)N1Cc2cc(OCCCON=C(N)N)ccc2C[C@H]1C(=O)O.O=CC(F)(F)F. The number of carboxylic acid groups (broad SMARTS) is 1. The molecule has 1 aliphatic rings. The fraction of sp³-hybridized carbons (Fsp3) is 0.550. The topological polar surface area (TPSA) is 175 Å². The van der Waals surface area contributed by atoms with E-state index in [0.717, 1.165) is 15.4 Å². The first-order chi connectivity index (χ1) is 16.3. The average Bonchev–Trinajstić information content (AvgIpc) is 2.78. The first-order valence-electron chi connectivity index (χ1n) is 10.5. The number of hydrogen-bond acceptors (Lipinski definition) is 7. The number of unbranched alkanes of at least 4 members (excludes halogenated alkanes) is 1. The van der Waals surface area contributed by atoms with E-state index in [1.165, 1.54) is 0 Å². The molecule has 0 saturated carbocycles. The number of carboxylic acids is 1. The highest BCUT2D eigenvalue weighted by molar-refractivity contribution is 7.89. The van der Waals surface area contributed by atoms with Crippen LogP contribution in [0.15, 0.2) is 23.4 Å². The van der Waals surface area contributed by atoms with Gasteiger partial charge in [-0.05, 0) is 34.8 Å². The van der Waals surface area contributed by atoms with Gasteiger partial charge < -0.3 is 26.1 Å². The number of benzene rings is 1. The first kappa shape index (κ1) is 30.0. The van der Waals surface area contributed by atoms with Gasteiger partial charge in [-0.15, -0.1) is 0 Å². The lowest BCUT2D eigenvalue weighted by molar-refractivity contribution is -0.156. The number of ether oxygens (including phenoxy) is 1. The molecule has 198 valence electrons. The number of halogens is 3. The van der Waals surface area contributed by atoms with Crippen molar-refractivity contribution < 1.29 is 45.9 Å². The Kier molecular flexibility index (Phi) is 11.7. The predicted octanol–water partition coefficient (Wildman–Crippen LogP) is 1.35. The maximum absolute atomic E-state index is 12.7. The van der Waals surface area contributed by atoms with Crippen molar-refractivity contribution in [3.63, 3.8) is 0 Å². The molecule has 1 aliphatic heterocycles. The van der Waals surface area contributed by atoms with Crippen molar-refractivity contribution in [2.75, 3.05) is 19.0 Å². The summed E-state index contributed by atoms with van der Waals surface area (Å²) in [7, 11) is -3.67. The molecule has 1 heterocycles. The van der Waals surface area contributed by atoms with Crippen molar-refractivity contribution in [3.05, 3.63) is 29.3 Å². The van der Waals surface area contributed by atoms with Gasteiger partial charge in [0.2, 0.25) is 22.3 Å². The first-order valence-corrected chi connectivity index (χ1v) is 12.1. The van der Waals surface area contributed by atoms with Crippen molar-refractivity contribution in [1.82, 2.24) is 4.31 Å². The zero-order valence-electron chi connectivity index (χ0n) is 19.0. The number of carbonyl (C=O) groups is 2. The van der Waals surface area contributed by atoms with Gasteiger partial charge >= 0.3 is 12.1 Å². The number of nitrogens with two attached hydrogens (primary N) is 2. The Morgan fingerprint density at radius 2 is 1.91 bits per heavy atom. The smallest absolute Gasteiger partial charge is 0.446 e. The van der Waals surface area contributed by atoms with Crippen LogP contribution in [0.5, 0.6) is 5.75 Å². The van der Waals surface area contributed by atoms with Crippen molar-refractivity contribution in [3.8, 4) is 5.75 Å². The van der Waals surface area contributed by atoms with E-state index in [1.807, 2.05) is 6.92 Å². The number of nitrogens with zero attached hydrogens (tertiary/aromatic N) is 2. The Hall–Kier alpha value is -3.07. The van der Waals surface area contributed by atoms with Crippen molar-refractivity contribution in [1.29, 1.82) is 0 Å². The van der Waals surface area contributed by atoms with E-state index in [-0.39, 0.29) is 31.3 Å². The second-order valence-electron chi connectivity index (χ2n) is 7.41. The number of aldehydes is 1. The van der Waals surface area contributed by atoms with Gasteiger partial charge in [-0.1, -0.05) is 19.4 Å². The summed E-state index contributed by atoms with van der Waals surface area (Å²) in [5.74, 6) is -0.782. The monoisotopic (exact) mass is 526 g/mol. The maximum atomic E-state index is 12.7. The van der Waals surface area contributed by atoms with Crippen LogP contribution in [0.1, 0.15) is 37.3 Å². The molecule has 1 aromatic carbocycles. The summed E-state index contributed by atoms with van der Waals surface area (Å²) in [6.45, 7) is 2.55. The summed E-state index contributed by atoms with van der Waals surface area (Å²) >= 11 is 0. The minimum atomic E-state index is -4.64. The van der Waals surface area contributed by atoms with Crippen LogP contribution in [0, 0.1) is 0 Å². The van der Waals surface area contributed by atoms with Gasteiger partial charge in [0.15, 0.2) is 0 Å². The van der Waals surface area contributed by atoms with Gasteiger partial charge in [-0.25, -0.2) is 8.42 Å². The third-order valence-electron chi connectivity index (χ3n) is 4.62. The van der Waals surface area contributed by atoms with Crippen LogP contribution in [0.2, 0.25) is 0 Å². The highest BCUT2D eigenvalue weighted by atomic mass is 32.2. The highest BCUT2D eigenvalue weighted by Crippen LogP contribution is 2.29. The number of oxime groups is 1. The molecular weight excluding hydrogens is 497 g/mol. The van der Waals surface area contributed by atoms with Gasteiger partial charge in [0.1, 0.15) is 18.4 Å². The standard InChI is InChI=1S/C18H28N4O6S.C2HF3O/c1-2-3-9-29(25,26)22-12-14-10-15(27-7-4-8-28-21-18(19)20)6-5-13(14)11-16(22)17(23)24;3-2(4,5)1-6/h5-6,10,16H,2-4,7-9,11-12H2,1H3,(H,23,24)(H4,19,20,21);1H/t16-;/m0./s1. The van der Waals surface area contributed by atoms with E-state index in [1.54, 1.807) is 18.2 Å². The fourth-order valence-corrected chi connectivity index (χ4v) is 4.78. The van der Waals surface area contributed by atoms with Gasteiger partial charge in [-0.2, -0.15) is 17.5 Å². The van der Waals surface area contributed by atoms with Crippen LogP contribution in [-0.2, 0) is 37.4 Å². The predicted molar refractivity (Wildman–Crippen MR) is 120 cm³/mol. The van der Waals surface area contributed by atoms with Crippen LogP contribution in [0.25, 0.3) is 0 Å². The van der Waals surface area contributed by atoms with Gasteiger partial charge in [0.25, 0.3) is 0 Å². The number of aliphatic carboxylic acids is 1. The largest absolute Gasteiger partial charge is 0.493 e. The summed E-state index contributed by atoms with van der Waals surface area (Å²) in [5, 5.41) is 12.9. The molecule has 0 saturated heterocycles. The third-order valence-corrected chi connectivity index (χ3v) is 6.52. The molecule has 0 radical (unpaired) electrons. The summed E-state index contributed by atoms with van der Waals surface area (Å²) in [4.78, 5) is 25.2. The molecule has 0 fully saturated rings. The molecule has 1 aromatic rings. The number of rotatable bonds is 11. The Balaban J connectivity index is 0.000000905. The summed E-state index contributed by atoms with van der Waals surface area (Å²) in [6.07, 6.45) is -3.82. The third kappa shape index (κ3) is 10.8. The highest BCUT2D eigenvalue weighted by Gasteiger charge is 2.38. The number of fused-ring (bicyclic) bond motifs is 1. The van der Waals surface area contributed by atoms with Gasteiger partial charge in [0, 0.05) is 19.4 Å². The van der Waals surface area contributed by atoms with Gasteiger partial charge in [0.05, 0.1) is 12.4 Å². The number of hydrogen-bond donors (Lipinski definition) is 3. The molecule has 2 rings (SSSR count). The van der Waals surface area contributed by atoms with E-state index in [0.29, 0.717) is 31.6 Å². The molecule has 0 aromatic heterocycles. The van der Waals surface area contributed by atoms with Gasteiger partial charge in [-0.3, -0.25) is 9.59 Å². The zero-order valence-corrected chi connectivity index (χ0v) is 19.8.